The number of hydrogen-bond donors (Lipinski definition) is 1. The summed E-state index contributed by atoms with van der Waals surface area (Å²) >= 11 is 0. The fourth-order valence-electron chi connectivity index (χ4n) is 3.37. The first-order valence-corrected chi connectivity index (χ1v) is 9.03. The largest absolute Gasteiger partial charge is 0.451 e. The summed E-state index contributed by atoms with van der Waals surface area (Å²) in [5, 5.41) is 3.19. The fraction of sp³-hybridized carbons (Fsp3) is 0.476. The molecule has 1 saturated heterocycles. The zero-order valence-corrected chi connectivity index (χ0v) is 15.6. The maximum atomic E-state index is 12.6. The smallest absolute Gasteiger partial charge is 0.289 e. The predicted molar refractivity (Wildman–Crippen MR) is 101 cm³/mol. The fourth-order valence-corrected chi connectivity index (χ4v) is 3.37. The van der Waals surface area contributed by atoms with E-state index in [4.69, 9.17) is 4.42 Å². The van der Waals surface area contributed by atoms with Gasteiger partial charge in [-0.2, -0.15) is 0 Å². The van der Waals surface area contributed by atoms with Crippen LogP contribution in [-0.2, 0) is 5.41 Å². The molecule has 1 aliphatic heterocycles. The van der Waals surface area contributed by atoms with Crippen molar-refractivity contribution in [1.29, 1.82) is 0 Å². The van der Waals surface area contributed by atoms with E-state index in [-0.39, 0.29) is 11.3 Å². The van der Waals surface area contributed by atoms with Gasteiger partial charge in [0.25, 0.3) is 5.91 Å². The lowest BCUT2D eigenvalue weighted by atomic mass is 9.86. The topological polar surface area (TPSA) is 45.5 Å². The average Bonchev–Trinajstić information content (AvgIpc) is 3.23. The number of carbonyl (C=O) groups is 1. The Kier molecular flexibility index (Phi) is 5.00. The second-order valence-corrected chi connectivity index (χ2v) is 7.95. The monoisotopic (exact) mass is 340 g/mol. The molecule has 1 atom stereocenters. The Morgan fingerprint density at radius 3 is 2.56 bits per heavy atom. The van der Waals surface area contributed by atoms with E-state index >= 15 is 0 Å². The van der Waals surface area contributed by atoms with Crippen molar-refractivity contribution in [3.63, 3.8) is 0 Å². The number of hydrogen-bond acceptors (Lipinski definition) is 3. The van der Waals surface area contributed by atoms with Gasteiger partial charge in [-0.1, -0.05) is 45.0 Å². The molecule has 1 aromatic heterocycles. The Labute approximate surface area is 150 Å². The number of benzene rings is 1. The standard InChI is InChI=1S/C21H28N2O2/c1-21(2,3)17-7-5-16(6-8-17)18-9-10-19(25-18)20(24)23-12-11-15(14-23)13-22-4/h5-10,15,22H,11-14H2,1-4H3. The number of nitrogens with zero attached hydrogens (tertiary/aromatic N) is 1. The SMILES string of the molecule is CNCC1CCN(C(=O)c2ccc(-c3ccc(C(C)(C)C)cc3)o2)C1. The number of rotatable bonds is 4. The van der Waals surface area contributed by atoms with Crippen molar-refractivity contribution >= 4 is 5.91 Å². The number of furan rings is 1. The first kappa shape index (κ1) is 17.7. The second-order valence-electron chi connectivity index (χ2n) is 7.95. The van der Waals surface area contributed by atoms with E-state index in [0.29, 0.717) is 11.7 Å². The minimum absolute atomic E-state index is 0.00355. The normalized spacial score (nSPS) is 17.9. The van der Waals surface area contributed by atoms with Crippen LogP contribution in [0.2, 0.25) is 0 Å². The molecule has 0 bridgehead atoms. The Morgan fingerprint density at radius 2 is 1.92 bits per heavy atom. The van der Waals surface area contributed by atoms with E-state index in [1.165, 1.54) is 5.56 Å². The van der Waals surface area contributed by atoms with Crippen molar-refractivity contribution in [3.05, 3.63) is 47.7 Å². The van der Waals surface area contributed by atoms with Gasteiger partial charge in [-0.15, -0.1) is 0 Å². The summed E-state index contributed by atoms with van der Waals surface area (Å²) in [4.78, 5) is 14.5. The van der Waals surface area contributed by atoms with Crippen molar-refractivity contribution in [3.8, 4) is 11.3 Å². The molecule has 1 N–H and O–H groups in total. The molecule has 25 heavy (non-hydrogen) atoms. The first-order chi connectivity index (χ1) is 11.9. The summed E-state index contributed by atoms with van der Waals surface area (Å²) < 4.78 is 5.86. The lowest BCUT2D eigenvalue weighted by Gasteiger charge is -2.18. The Balaban J connectivity index is 1.71. The number of likely N-dealkylation sites (tertiary alicyclic amines) is 1. The third-order valence-corrected chi connectivity index (χ3v) is 4.92. The molecule has 1 fully saturated rings. The zero-order chi connectivity index (χ0) is 18.0. The lowest BCUT2D eigenvalue weighted by molar-refractivity contribution is 0.0756. The molecule has 3 rings (SSSR count). The van der Waals surface area contributed by atoms with Crippen LogP contribution >= 0.6 is 0 Å². The third-order valence-electron chi connectivity index (χ3n) is 4.92. The molecule has 4 nitrogen and oxygen atoms in total. The van der Waals surface area contributed by atoms with E-state index in [0.717, 1.165) is 37.4 Å². The van der Waals surface area contributed by atoms with E-state index in [2.05, 4.69) is 50.4 Å². The summed E-state index contributed by atoms with van der Waals surface area (Å²) in [6.07, 6.45) is 1.05. The number of nitrogens with one attached hydrogen (secondary N) is 1. The summed E-state index contributed by atoms with van der Waals surface area (Å²) in [6.45, 7) is 9.15. The van der Waals surface area contributed by atoms with Gasteiger partial charge in [0.1, 0.15) is 5.76 Å². The molecule has 2 aromatic rings. The quantitative estimate of drug-likeness (QED) is 0.917. The molecule has 4 heteroatoms. The van der Waals surface area contributed by atoms with Crippen molar-refractivity contribution < 1.29 is 9.21 Å². The molecule has 1 aromatic carbocycles. The minimum atomic E-state index is -0.00355. The van der Waals surface area contributed by atoms with Gasteiger partial charge in [0.05, 0.1) is 0 Å². The van der Waals surface area contributed by atoms with Crippen LogP contribution in [0, 0.1) is 5.92 Å². The maximum Gasteiger partial charge on any atom is 0.289 e. The molecule has 0 radical (unpaired) electrons. The predicted octanol–water partition coefficient (Wildman–Crippen LogP) is 3.93. The van der Waals surface area contributed by atoms with Gasteiger partial charge < -0.3 is 14.6 Å². The van der Waals surface area contributed by atoms with Crippen LogP contribution in [0.3, 0.4) is 0 Å². The minimum Gasteiger partial charge on any atom is -0.451 e. The van der Waals surface area contributed by atoms with Gasteiger partial charge in [0.15, 0.2) is 5.76 Å². The van der Waals surface area contributed by atoms with Crippen molar-refractivity contribution in [1.82, 2.24) is 10.2 Å². The summed E-state index contributed by atoms with van der Waals surface area (Å²) in [5.41, 5.74) is 2.41. The van der Waals surface area contributed by atoms with Gasteiger partial charge in [0, 0.05) is 18.7 Å². The van der Waals surface area contributed by atoms with Crippen molar-refractivity contribution in [2.45, 2.75) is 32.6 Å². The number of carbonyl (C=O) groups excluding carboxylic acids is 1. The van der Waals surface area contributed by atoms with E-state index in [1.54, 1.807) is 6.07 Å². The van der Waals surface area contributed by atoms with Gasteiger partial charge in [-0.25, -0.2) is 0 Å². The van der Waals surface area contributed by atoms with Crippen LogP contribution < -0.4 is 5.32 Å². The average molecular weight is 340 g/mol. The van der Waals surface area contributed by atoms with Gasteiger partial charge in [-0.3, -0.25) is 4.79 Å². The van der Waals surface area contributed by atoms with Crippen LogP contribution in [0.15, 0.2) is 40.8 Å². The summed E-state index contributed by atoms with van der Waals surface area (Å²) in [6, 6.07) is 12.1. The van der Waals surface area contributed by atoms with Crippen LogP contribution in [0.5, 0.6) is 0 Å². The first-order valence-electron chi connectivity index (χ1n) is 9.03. The number of amides is 1. The molecule has 2 heterocycles. The van der Waals surface area contributed by atoms with Crippen LogP contribution in [0.25, 0.3) is 11.3 Å². The molecule has 0 spiro atoms. The highest BCUT2D eigenvalue weighted by atomic mass is 16.4. The molecule has 0 saturated carbocycles. The molecular weight excluding hydrogens is 312 g/mol. The molecule has 1 aliphatic rings. The summed E-state index contributed by atoms with van der Waals surface area (Å²) in [7, 11) is 1.95. The zero-order valence-electron chi connectivity index (χ0n) is 15.6. The highest BCUT2D eigenvalue weighted by Crippen LogP contribution is 2.28. The second kappa shape index (κ2) is 7.04. The molecule has 134 valence electrons. The van der Waals surface area contributed by atoms with Gasteiger partial charge >= 0.3 is 0 Å². The van der Waals surface area contributed by atoms with Crippen molar-refractivity contribution in [2.24, 2.45) is 5.92 Å². The van der Waals surface area contributed by atoms with Crippen molar-refractivity contribution in [2.75, 3.05) is 26.7 Å². The maximum absolute atomic E-state index is 12.6. The molecule has 1 unspecified atom stereocenters. The van der Waals surface area contributed by atoms with E-state index in [9.17, 15) is 4.79 Å². The van der Waals surface area contributed by atoms with Gasteiger partial charge in [-0.05, 0) is 49.0 Å². The van der Waals surface area contributed by atoms with Crippen LogP contribution in [-0.4, -0.2) is 37.5 Å². The third kappa shape index (κ3) is 3.96. The Bertz CT molecular complexity index is 725. The molecular formula is C21H28N2O2. The van der Waals surface area contributed by atoms with Crippen LogP contribution in [0.1, 0.15) is 43.3 Å². The highest BCUT2D eigenvalue weighted by Gasteiger charge is 2.28. The Hall–Kier alpha value is -2.07. The molecule has 1 amide bonds. The molecule has 0 aliphatic carbocycles. The van der Waals surface area contributed by atoms with Gasteiger partial charge in [0.2, 0.25) is 0 Å². The van der Waals surface area contributed by atoms with Crippen LogP contribution in [0.4, 0.5) is 0 Å². The van der Waals surface area contributed by atoms with E-state index in [1.807, 2.05) is 18.0 Å². The van der Waals surface area contributed by atoms with E-state index < -0.39 is 0 Å². The highest BCUT2D eigenvalue weighted by molar-refractivity contribution is 5.92. The Morgan fingerprint density at radius 1 is 1.20 bits per heavy atom. The lowest BCUT2D eigenvalue weighted by Crippen LogP contribution is -2.30. The summed E-state index contributed by atoms with van der Waals surface area (Å²) in [5.74, 6) is 1.71.